The van der Waals surface area contributed by atoms with E-state index in [2.05, 4.69) is 10.1 Å². The van der Waals surface area contributed by atoms with Crippen LogP contribution < -0.4 is 0 Å². The molecule has 0 aliphatic heterocycles. The van der Waals surface area contributed by atoms with Gasteiger partial charge in [0.1, 0.15) is 0 Å². The molecule has 2 heterocycles. The minimum atomic E-state index is 0.204. The molecule has 2 aromatic heterocycles. The summed E-state index contributed by atoms with van der Waals surface area (Å²) >= 11 is 0. The van der Waals surface area contributed by atoms with Crippen LogP contribution in [0, 0.1) is 6.92 Å². The molecular formula is C9H11N3O. The lowest BCUT2D eigenvalue weighted by atomic mass is 10.2. The SMILES string of the molecule is CCc1c(C)nc2ccnn2c1O. The fraction of sp³-hybridized carbons (Fsp3) is 0.333. The van der Waals surface area contributed by atoms with Crippen molar-refractivity contribution < 1.29 is 5.11 Å². The summed E-state index contributed by atoms with van der Waals surface area (Å²) in [7, 11) is 0. The molecule has 1 N–H and O–H groups in total. The highest BCUT2D eigenvalue weighted by molar-refractivity contribution is 5.44. The number of aromatic nitrogens is 3. The first-order chi connectivity index (χ1) is 6.24. The number of hydrogen-bond donors (Lipinski definition) is 1. The van der Waals surface area contributed by atoms with E-state index in [0.717, 1.165) is 17.7 Å². The second-order valence-electron chi connectivity index (χ2n) is 2.95. The summed E-state index contributed by atoms with van der Waals surface area (Å²) in [5, 5.41) is 13.8. The van der Waals surface area contributed by atoms with E-state index in [1.807, 2.05) is 13.8 Å². The molecular weight excluding hydrogens is 166 g/mol. The van der Waals surface area contributed by atoms with Gasteiger partial charge < -0.3 is 5.11 Å². The Hall–Kier alpha value is -1.58. The van der Waals surface area contributed by atoms with Gasteiger partial charge in [-0.1, -0.05) is 6.92 Å². The fourth-order valence-electron chi connectivity index (χ4n) is 1.49. The molecule has 4 nitrogen and oxygen atoms in total. The van der Waals surface area contributed by atoms with Crippen molar-refractivity contribution in [3.63, 3.8) is 0 Å². The molecule has 0 unspecified atom stereocenters. The molecule has 2 rings (SSSR count). The monoisotopic (exact) mass is 177 g/mol. The molecule has 0 atom stereocenters. The lowest BCUT2D eigenvalue weighted by molar-refractivity contribution is 0.427. The number of hydrogen-bond acceptors (Lipinski definition) is 3. The van der Waals surface area contributed by atoms with Crippen LogP contribution in [0.15, 0.2) is 12.3 Å². The third-order valence-corrected chi connectivity index (χ3v) is 2.17. The molecule has 4 heteroatoms. The van der Waals surface area contributed by atoms with Gasteiger partial charge in [-0.2, -0.15) is 9.61 Å². The van der Waals surface area contributed by atoms with Crippen LogP contribution in [0.5, 0.6) is 5.88 Å². The first kappa shape index (κ1) is 8.04. The first-order valence-corrected chi connectivity index (χ1v) is 4.26. The first-order valence-electron chi connectivity index (χ1n) is 4.26. The van der Waals surface area contributed by atoms with Gasteiger partial charge in [0, 0.05) is 17.3 Å². The fourth-order valence-corrected chi connectivity index (χ4v) is 1.49. The Bertz CT molecular complexity index is 447. The van der Waals surface area contributed by atoms with Crippen LogP contribution in [0.3, 0.4) is 0 Å². The highest BCUT2D eigenvalue weighted by Gasteiger charge is 2.09. The molecule has 0 radical (unpaired) electrons. The van der Waals surface area contributed by atoms with Crippen molar-refractivity contribution in [1.29, 1.82) is 0 Å². The quantitative estimate of drug-likeness (QED) is 0.714. The molecule has 0 aliphatic carbocycles. The molecule has 0 aliphatic rings. The summed E-state index contributed by atoms with van der Waals surface area (Å²) in [5.74, 6) is 0.204. The molecule has 0 aromatic carbocycles. The van der Waals surface area contributed by atoms with Gasteiger partial charge in [0.2, 0.25) is 5.88 Å². The van der Waals surface area contributed by atoms with Crippen LogP contribution in [0.4, 0.5) is 0 Å². The summed E-state index contributed by atoms with van der Waals surface area (Å²) in [5.41, 5.74) is 2.41. The summed E-state index contributed by atoms with van der Waals surface area (Å²) < 4.78 is 1.45. The Labute approximate surface area is 75.8 Å². The topological polar surface area (TPSA) is 50.4 Å². The van der Waals surface area contributed by atoms with E-state index >= 15 is 0 Å². The molecule has 0 bridgehead atoms. The van der Waals surface area contributed by atoms with Gasteiger partial charge in [-0.05, 0) is 13.3 Å². The maximum atomic E-state index is 9.78. The summed E-state index contributed by atoms with van der Waals surface area (Å²) in [6.45, 7) is 3.88. The van der Waals surface area contributed by atoms with Crippen molar-refractivity contribution in [3.8, 4) is 5.88 Å². The summed E-state index contributed by atoms with van der Waals surface area (Å²) in [6.07, 6.45) is 2.39. The Morgan fingerprint density at radius 2 is 2.31 bits per heavy atom. The summed E-state index contributed by atoms with van der Waals surface area (Å²) in [4.78, 5) is 4.31. The molecule has 68 valence electrons. The summed E-state index contributed by atoms with van der Waals surface area (Å²) in [6, 6.07) is 1.77. The zero-order valence-electron chi connectivity index (χ0n) is 7.65. The van der Waals surface area contributed by atoms with Gasteiger partial charge in [0.15, 0.2) is 5.65 Å². The third kappa shape index (κ3) is 1.06. The lowest BCUT2D eigenvalue weighted by Gasteiger charge is -2.06. The van der Waals surface area contributed by atoms with E-state index < -0.39 is 0 Å². The van der Waals surface area contributed by atoms with Crippen LogP contribution in [0.25, 0.3) is 5.65 Å². The number of rotatable bonds is 1. The molecule has 0 saturated heterocycles. The average Bonchev–Trinajstić information content (AvgIpc) is 2.53. The zero-order valence-corrected chi connectivity index (χ0v) is 7.65. The van der Waals surface area contributed by atoms with Crippen LogP contribution in [-0.4, -0.2) is 19.7 Å². The van der Waals surface area contributed by atoms with Crippen molar-refractivity contribution in [3.05, 3.63) is 23.5 Å². The minimum Gasteiger partial charge on any atom is -0.493 e. The largest absolute Gasteiger partial charge is 0.493 e. The third-order valence-electron chi connectivity index (χ3n) is 2.17. The van der Waals surface area contributed by atoms with Gasteiger partial charge >= 0.3 is 0 Å². The van der Waals surface area contributed by atoms with Gasteiger partial charge in [-0.3, -0.25) is 0 Å². The number of aromatic hydroxyl groups is 1. The number of aryl methyl sites for hydroxylation is 1. The van der Waals surface area contributed by atoms with E-state index in [0.29, 0.717) is 5.65 Å². The van der Waals surface area contributed by atoms with Crippen molar-refractivity contribution in [2.75, 3.05) is 0 Å². The van der Waals surface area contributed by atoms with Crippen LogP contribution in [0.2, 0.25) is 0 Å². The van der Waals surface area contributed by atoms with E-state index in [-0.39, 0.29) is 5.88 Å². The minimum absolute atomic E-state index is 0.204. The Morgan fingerprint density at radius 1 is 1.54 bits per heavy atom. The second kappa shape index (κ2) is 2.73. The van der Waals surface area contributed by atoms with Gasteiger partial charge in [-0.15, -0.1) is 0 Å². The van der Waals surface area contributed by atoms with E-state index in [9.17, 15) is 5.11 Å². The maximum Gasteiger partial charge on any atom is 0.219 e. The van der Waals surface area contributed by atoms with Crippen molar-refractivity contribution in [2.45, 2.75) is 20.3 Å². The number of nitrogens with zero attached hydrogens (tertiary/aromatic N) is 3. The van der Waals surface area contributed by atoms with Crippen molar-refractivity contribution in [1.82, 2.24) is 14.6 Å². The van der Waals surface area contributed by atoms with Crippen LogP contribution in [-0.2, 0) is 6.42 Å². The van der Waals surface area contributed by atoms with E-state index in [1.54, 1.807) is 12.3 Å². The standard InChI is InChI=1S/C9H11N3O/c1-3-7-6(2)11-8-4-5-10-12(8)9(7)13/h4-5,13H,3H2,1-2H3. The van der Waals surface area contributed by atoms with Gasteiger partial charge in [0.25, 0.3) is 0 Å². The molecule has 2 aromatic rings. The molecule has 0 amide bonds. The van der Waals surface area contributed by atoms with E-state index in [4.69, 9.17) is 0 Å². The van der Waals surface area contributed by atoms with Crippen LogP contribution in [0.1, 0.15) is 18.2 Å². The lowest BCUT2D eigenvalue weighted by Crippen LogP contribution is -1.99. The Morgan fingerprint density at radius 3 is 3.00 bits per heavy atom. The second-order valence-corrected chi connectivity index (χ2v) is 2.95. The highest BCUT2D eigenvalue weighted by atomic mass is 16.3. The highest BCUT2D eigenvalue weighted by Crippen LogP contribution is 2.20. The zero-order chi connectivity index (χ0) is 9.42. The normalized spacial score (nSPS) is 10.9. The van der Waals surface area contributed by atoms with Crippen LogP contribution >= 0.6 is 0 Å². The molecule has 0 saturated carbocycles. The average molecular weight is 177 g/mol. The van der Waals surface area contributed by atoms with Crippen molar-refractivity contribution in [2.24, 2.45) is 0 Å². The molecule has 0 fully saturated rings. The maximum absolute atomic E-state index is 9.78. The Kier molecular flexibility index (Phi) is 1.69. The molecule has 0 spiro atoms. The molecule has 13 heavy (non-hydrogen) atoms. The van der Waals surface area contributed by atoms with Gasteiger partial charge in [0.05, 0.1) is 6.20 Å². The van der Waals surface area contributed by atoms with E-state index in [1.165, 1.54) is 4.52 Å². The predicted molar refractivity (Wildman–Crippen MR) is 48.8 cm³/mol. The number of fused-ring (bicyclic) bond motifs is 1. The Balaban J connectivity index is 2.85. The smallest absolute Gasteiger partial charge is 0.219 e. The van der Waals surface area contributed by atoms with Crippen molar-refractivity contribution >= 4 is 5.65 Å². The van der Waals surface area contributed by atoms with Gasteiger partial charge in [-0.25, -0.2) is 4.98 Å². The predicted octanol–water partition coefficient (Wildman–Crippen LogP) is 1.31.